The molecule has 0 saturated carbocycles. The first-order valence-electron chi connectivity index (χ1n) is 10.3. The molecule has 2 aromatic heterocycles. The second-order valence-electron chi connectivity index (χ2n) is 7.81. The topological polar surface area (TPSA) is 75.9 Å². The van der Waals surface area contributed by atoms with Crippen molar-refractivity contribution in [3.8, 4) is 16.9 Å². The molecule has 0 aliphatic rings. The van der Waals surface area contributed by atoms with Crippen LogP contribution in [0.4, 0.5) is 24.5 Å². The number of alkyl halides is 3. The summed E-state index contributed by atoms with van der Waals surface area (Å²) in [7, 11) is 3.90. The third kappa shape index (κ3) is 4.61. The molecule has 1 amide bonds. The number of benzene rings is 2. The van der Waals surface area contributed by atoms with E-state index in [-0.39, 0.29) is 5.69 Å². The number of halogens is 3. The van der Waals surface area contributed by atoms with Crippen LogP contribution >= 0.6 is 0 Å². The van der Waals surface area contributed by atoms with Crippen molar-refractivity contribution in [3.63, 3.8) is 0 Å². The Morgan fingerprint density at radius 1 is 1.03 bits per heavy atom. The van der Waals surface area contributed by atoms with Gasteiger partial charge in [-0.25, -0.2) is 4.98 Å². The van der Waals surface area contributed by atoms with Crippen LogP contribution in [-0.2, 0) is 6.18 Å². The monoisotopic (exact) mass is 466 g/mol. The first kappa shape index (κ1) is 23.0. The lowest BCUT2D eigenvalue weighted by Crippen LogP contribution is -2.18. The minimum atomic E-state index is -4.71. The lowest BCUT2D eigenvalue weighted by molar-refractivity contribution is -0.137. The summed E-state index contributed by atoms with van der Waals surface area (Å²) in [6.07, 6.45) is -1.07. The van der Waals surface area contributed by atoms with Crippen LogP contribution in [-0.4, -0.2) is 40.0 Å². The molecule has 10 heteroatoms. The Morgan fingerprint density at radius 2 is 1.74 bits per heavy atom. The van der Waals surface area contributed by atoms with Crippen LogP contribution in [0.15, 0.2) is 67.1 Å². The van der Waals surface area contributed by atoms with Gasteiger partial charge < -0.3 is 10.2 Å². The average molecular weight is 466 g/mol. The van der Waals surface area contributed by atoms with Gasteiger partial charge in [0.15, 0.2) is 5.82 Å². The Bertz CT molecular complexity index is 1330. The molecule has 2 aromatic carbocycles. The SMILES string of the molecule is Cc1cc(-c2ccccc2N(C)C)ccc1C(=O)Nc1cnc(-n2nccn2)c(C(F)(F)F)c1. The fourth-order valence-corrected chi connectivity index (χ4v) is 3.61. The highest BCUT2D eigenvalue weighted by Crippen LogP contribution is 2.34. The molecule has 174 valence electrons. The molecule has 2 heterocycles. The van der Waals surface area contributed by atoms with Gasteiger partial charge in [-0.05, 0) is 36.2 Å². The third-order valence-electron chi connectivity index (χ3n) is 5.21. The second kappa shape index (κ2) is 8.97. The Balaban J connectivity index is 1.62. The molecular weight excluding hydrogens is 445 g/mol. The van der Waals surface area contributed by atoms with Crippen molar-refractivity contribution in [2.45, 2.75) is 13.1 Å². The molecule has 34 heavy (non-hydrogen) atoms. The first-order chi connectivity index (χ1) is 16.1. The average Bonchev–Trinajstić information content (AvgIpc) is 3.33. The fourth-order valence-electron chi connectivity index (χ4n) is 3.61. The number of pyridine rings is 1. The summed E-state index contributed by atoms with van der Waals surface area (Å²) in [5.41, 5.74) is 2.84. The number of aryl methyl sites for hydroxylation is 1. The van der Waals surface area contributed by atoms with Crippen LogP contribution in [0.5, 0.6) is 0 Å². The molecular formula is C24H21F3N6O. The summed E-state index contributed by atoms with van der Waals surface area (Å²) in [5.74, 6) is -1.01. The highest BCUT2D eigenvalue weighted by atomic mass is 19.4. The number of aromatic nitrogens is 4. The highest BCUT2D eigenvalue weighted by molar-refractivity contribution is 6.05. The van der Waals surface area contributed by atoms with Gasteiger partial charge in [0.1, 0.15) is 5.56 Å². The summed E-state index contributed by atoms with van der Waals surface area (Å²) in [6.45, 7) is 1.78. The summed E-state index contributed by atoms with van der Waals surface area (Å²) >= 11 is 0. The van der Waals surface area contributed by atoms with Gasteiger partial charge in [0.25, 0.3) is 5.91 Å². The van der Waals surface area contributed by atoms with Crippen molar-refractivity contribution in [2.75, 3.05) is 24.3 Å². The Hall–Kier alpha value is -4.21. The number of carbonyl (C=O) groups is 1. The lowest BCUT2D eigenvalue weighted by atomic mass is 9.98. The zero-order chi connectivity index (χ0) is 24.5. The quantitative estimate of drug-likeness (QED) is 0.449. The van der Waals surface area contributed by atoms with Gasteiger partial charge in [0.05, 0.1) is 24.3 Å². The van der Waals surface area contributed by atoms with E-state index < -0.39 is 23.5 Å². The van der Waals surface area contributed by atoms with Gasteiger partial charge in [0.2, 0.25) is 0 Å². The van der Waals surface area contributed by atoms with Gasteiger partial charge in [-0.2, -0.15) is 23.4 Å². The van der Waals surface area contributed by atoms with Gasteiger partial charge in [-0.1, -0.05) is 30.3 Å². The van der Waals surface area contributed by atoms with Crippen molar-refractivity contribution in [1.29, 1.82) is 0 Å². The van der Waals surface area contributed by atoms with E-state index in [4.69, 9.17) is 0 Å². The molecule has 0 saturated heterocycles. The molecule has 0 fully saturated rings. The summed E-state index contributed by atoms with van der Waals surface area (Å²) in [6, 6.07) is 14.0. The maximum atomic E-state index is 13.6. The highest BCUT2D eigenvalue weighted by Gasteiger charge is 2.36. The Morgan fingerprint density at radius 3 is 2.38 bits per heavy atom. The minimum Gasteiger partial charge on any atom is -0.377 e. The summed E-state index contributed by atoms with van der Waals surface area (Å²) in [5, 5.41) is 9.94. The molecule has 0 atom stereocenters. The van der Waals surface area contributed by atoms with Crippen LogP contribution in [0.1, 0.15) is 21.5 Å². The van der Waals surface area contributed by atoms with Crippen molar-refractivity contribution in [2.24, 2.45) is 0 Å². The normalized spacial score (nSPS) is 11.4. The number of rotatable bonds is 5. The third-order valence-corrected chi connectivity index (χ3v) is 5.21. The van der Waals surface area contributed by atoms with E-state index >= 15 is 0 Å². The van der Waals surface area contributed by atoms with Crippen molar-refractivity contribution in [3.05, 3.63) is 83.8 Å². The van der Waals surface area contributed by atoms with Crippen molar-refractivity contribution >= 4 is 17.3 Å². The van der Waals surface area contributed by atoms with Crippen LogP contribution in [0.25, 0.3) is 16.9 Å². The zero-order valence-electron chi connectivity index (χ0n) is 18.6. The van der Waals surface area contributed by atoms with Crippen LogP contribution < -0.4 is 10.2 Å². The number of nitrogens with one attached hydrogen (secondary N) is 1. The molecule has 0 spiro atoms. The van der Waals surface area contributed by atoms with Crippen LogP contribution in [0.2, 0.25) is 0 Å². The van der Waals surface area contributed by atoms with Gasteiger partial charge in [-0.3, -0.25) is 4.79 Å². The van der Waals surface area contributed by atoms with Gasteiger partial charge in [-0.15, -0.1) is 4.80 Å². The number of para-hydroxylation sites is 1. The number of hydrogen-bond donors (Lipinski definition) is 1. The molecule has 7 nitrogen and oxygen atoms in total. The van der Waals surface area contributed by atoms with E-state index in [2.05, 4.69) is 20.5 Å². The van der Waals surface area contributed by atoms with E-state index in [1.165, 1.54) is 12.4 Å². The van der Waals surface area contributed by atoms with E-state index in [1.54, 1.807) is 13.0 Å². The molecule has 0 bridgehead atoms. The zero-order valence-corrected chi connectivity index (χ0v) is 18.6. The van der Waals surface area contributed by atoms with E-state index in [1.807, 2.05) is 55.4 Å². The number of amides is 1. The van der Waals surface area contributed by atoms with Crippen LogP contribution in [0.3, 0.4) is 0 Å². The fraction of sp³-hybridized carbons (Fsp3) is 0.167. The first-order valence-corrected chi connectivity index (χ1v) is 10.3. The van der Waals surface area contributed by atoms with Crippen LogP contribution in [0, 0.1) is 6.92 Å². The summed E-state index contributed by atoms with van der Waals surface area (Å²) in [4.78, 5) is 19.5. The Kier molecular flexibility index (Phi) is 6.06. The number of anilines is 2. The molecule has 0 radical (unpaired) electrons. The maximum absolute atomic E-state index is 13.6. The maximum Gasteiger partial charge on any atom is 0.420 e. The second-order valence-corrected chi connectivity index (χ2v) is 7.81. The standard InChI is InChI=1S/C24H21F3N6O/c1-15-12-16(19-6-4-5-7-21(19)32(2)3)8-9-18(15)23(34)31-17-13-20(24(25,26)27)22(28-14-17)33-29-10-11-30-33/h4-14H,1-3H3,(H,31,34). The predicted molar refractivity (Wildman–Crippen MR) is 123 cm³/mol. The largest absolute Gasteiger partial charge is 0.420 e. The number of carbonyl (C=O) groups excluding carboxylic acids is 1. The van der Waals surface area contributed by atoms with Gasteiger partial charge >= 0.3 is 6.18 Å². The number of nitrogens with zero attached hydrogens (tertiary/aromatic N) is 5. The Labute approximate surface area is 193 Å². The van der Waals surface area contributed by atoms with Crippen molar-refractivity contribution < 1.29 is 18.0 Å². The van der Waals surface area contributed by atoms with E-state index in [9.17, 15) is 18.0 Å². The van der Waals surface area contributed by atoms with Crippen molar-refractivity contribution in [1.82, 2.24) is 20.0 Å². The van der Waals surface area contributed by atoms with E-state index in [0.29, 0.717) is 11.1 Å². The lowest BCUT2D eigenvalue weighted by Gasteiger charge is -2.18. The summed E-state index contributed by atoms with van der Waals surface area (Å²) < 4.78 is 40.8. The minimum absolute atomic E-state index is 0.0883. The number of hydrogen-bond acceptors (Lipinski definition) is 5. The molecule has 4 rings (SSSR count). The molecule has 0 unspecified atom stereocenters. The molecule has 1 N–H and O–H groups in total. The van der Waals surface area contributed by atoms with E-state index in [0.717, 1.165) is 33.9 Å². The molecule has 4 aromatic rings. The smallest absolute Gasteiger partial charge is 0.377 e. The molecule has 0 aliphatic heterocycles. The predicted octanol–water partition coefficient (Wildman–Crippen LogP) is 4.97. The van der Waals surface area contributed by atoms with Gasteiger partial charge in [0, 0.05) is 30.9 Å². The molecule has 0 aliphatic carbocycles.